The number of carboxylic acids is 1. The molecule has 2 heterocycles. The van der Waals surface area contributed by atoms with Gasteiger partial charge in [-0.05, 0) is 19.8 Å². The number of rotatable bonds is 5. The molecule has 7 nitrogen and oxygen atoms in total. The number of aliphatic carboxylic acids is 1. The second kappa shape index (κ2) is 7.06. The lowest BCUT2D eigenvalue weighted by atomic mass is 9.86. The summed E-state index contributed by atoms with van der Waals surface area (Å²) in [5.74, 6) is -1.36. The first-order valence-corrected chi connectivity index (χ1v) is 8.13. The molecule has 1 aromatic carbocycles. The van der Waals surface area contributed by atoms with E-state index < -0.39 is 17.4 Å². The molecule has 1 fully saturated rings. The third-order valence-electron chi connectivity index (χ3n) is 4.40. The van der Waals surface area contributed by atoms with Crippen molar-refractivity contribution in [3.63, 3.8) is 0 Å². The van der Waals surface area contributed by atoms with Gasteiger partial charge in [0.2, 0.25) is 5.76 Å². The number of benzene rings is 1. The Morgan fingerprint density at radius 2 is 1.92 bits per heavy atom. The summed E-state index contributed by atoms with van der Waals surface area (Å²) >= 11 is 0. The maximum Gasteiger partial charge on any atom is 0.305 e. The van der Waals surface area contributed by atoms with E-state index in [2.05, 4.69) is 10.5 Å². The molecule has 1 aliphatic heterocycles. The van der Waals surface area contributed by atoms with Crippen molar-refractivity contribution in [3.05, 3.63) is 41.7 Å². The maximum atomic E-state index is 12.5. The van der Waals surface area contributed by atoms with Crippen LogP contribution in [0.4, 0.5) is 0 Å². The normalized spacial score (nSPS) is 16.4. The molecule has 132 valence electrons. The van der Waals surface area contributed by atoms with Crippen molar-refractivity contribution in [1.82, 2.24) is 10.5 Å². The van der Waals surface area contributed by atoms with E-state index in [-0.39, 0.29) is 12.2 Å². The summed E-state index contributed by atoms with van der Waals surface area (Å²) in [5, 5.41) is 15.9. The zero-order valence-electron chi connectivity index (χ0n) is 13.9. The lowest BCUT2D eigenvalue weighted by Crippen LogP contribution is -2.53. The Balaban J connectivity index is 1.76. The topological polar surface area (TPSA) is 102 Å². The van der Waals surface area contributed by atoms with Gasteiger partial charge in [0.05, 0.1) is 12.0 Å². The SMILES string of the molecule is Cc1ccc(-c2cc(C(=O)NC3(CC(=O)O)CCOCC3)on2)cc1. The maximum absolute atomic E-state index is 12.5. The second-order valence-corrected chi connectivity index (χ2v) is 6.36. The highest BCUT2D eigenvalue weighted by Crippen LogP contribution is 2.26. The van der Waals surface area contributed by atoms with Crippen LogP contribution in [-0.2, 0) is 9.53 Å². The smallest absolute Gasteiger partial charge is 0.305 e. The number of carboxylic acid groups (broad SMARTS) is 1. The summed E-state index contributed by atoms with van der Waals surface area (Å²) in [4.78, 5) is 23.7. The summed E-state index contributed by atoms with van der Waals surface area (Å²) in [6.07, 6.45) is 0.745. The summed E-state index contributed by atoms with van der Waals surface area (Å²) in [6.45, 7) is 2.82. The molecule has 3 rings (SSSR count). The van der Waals surface area contributed by atoms with Gasteiger partial charge >= 0.3 is 5.97 Å². The molecule has 0 saturated carbocycles. The van der Waals surface area contributed by atoms with Crippen LogP contribution in [0, 0.1) is 6.92 Å². The molecule has 0 aliphatic carbocycles. The van der Waals surface area contributed by atoms with Crippen molar-refractivity contribution in [3.8, 4) is 11.3 Å². The van der Waals surface area contributed by atoms with Crippen LogP contribution in [0.5, 0.6) is 0 Å². The number of hydrogen-bond donors (Lipinski definition) is 2. The summed E-state index contributed by atoms with van der Waals surface area (Å²) in [7, 11) is 0. The van der Waals surface area contributed by atoms with Crippen LogP contribution < -0.4 is 5.32 Å². The standard InChI is InChI=1S/C18H20N2O5/c1-12-2-4-13(5-3-12)14-10-15(25-20-14)17(23)19-18(11-16(21)22)6-8-24-9-7-18/h2-5,10H,6-9,11H2,1H3,(H,19,23)(H,21,22). The number of aromatic nitrogens is 1. The summed E-state index contributed by atoms with van der Waals surface area (Å²) in [5.41, 5.74) is 1.71. The minimum Gasteiger partial charge on any atom is -0.481 e. The van der Waals surface area contributed by atoms with E-state index in [1.54, 1.807) is 6.07 Å². The molecule has 25 heavy (non-hydrogen) atoms. The van der Waals surface area contributed by atoms with Crippen molar-refractivity contribution in [2.75, 3.05) is 13.2 Å². The van der Waals surface area contributed by atoms with Gasteiger partial charge in [0.15, 0.2) is 0 Å². The Kier molecular flexibility index (Phi) is 4.85. The van der Waals surface area contributed by atoms with E-state index in [0.29, 0.717) is 31.7 Å². The molecule has 0 spiro atoms. The number of carbonyl (C=O) groups is 2. The van der Waals surface area contributed by atoms with Crippen molar-refractivity contribution in [1.29, 1.82) is 0 Å². The quantitative estimate of drug-likeness (QED) is 0.863. The van der Waals surface area contributed by atoms with Gasteiger partial charge in [-0.3, -0.25) is 9.59 Å². The van der Waals surface area contributed by atoms with E-state index in [9.17, 15) is 9.59 Å². The van der Waals surface area contributed by atoms with Gasteiger partial charge in [-0.25, -0.2) is 0 Å². The average Bonchev–Trinajstić information content (AvgIpc) is 3.05. The van der Waals surface area contributed by atoms with Crippen molar-refractivity contribution >= 4 is 11.9 Å². The molecule has 1 amide bonds. The number of nitrogens with one attached hydrogen (secondary N) is 1. The molecule has 2 aromatic rings. The monoisotopic (exact) mass is 344 g/mol. The Hall–Kier alpha value is -2.67. The predicted molar refractivity (Wildman–Crippen MR) is 89.2 cm³/mol. The van der Waals surface area contributed by atoms with Gasteiger partial charge in [0.1, 0.15) is 5.69 Å². The molecule has 0 unspecified atom stereocenters. The molecule has 1 aliphatic rings. The molecular weight excluding hydrogens is 324 g/mol. The van der Waals surface area contributed by atoms with Crippen LogP contribution >= 0.6 is 0 Å². The molecule has 2 N–H and O–H groups in total. The van der Waals surface area contributed by atoms with Gasteiger partial charge in [-0.2, -0.15) is 0 Å². The highest BCUT2D eigenvalue weighted by atomic mass is 16.5. The number of nitrogens with zero attached hydrogens (tertiary/aromatic N) is 1. The number of aryl methyl sites for hydroxylation is 1. The lowest BCUT2D eigenvalue weighted by molar-refractivity contribution is -0.139. The summed E-state index contributed by atoms with van der Waals surface area (Å²) in [6, 6.07) is 9.27. The van der Waals surface area contributed by atoms with Crippen molar-refractivity contribution in [2.24, 2.45) is 0 Å². The van der Waals surface area contributed by atoms with Crippen LogP contribution in [0.3, 0.4) is 0 Å². The fourth-order valence-corrected chi connectivity index (χ4v) is 2.94. The van der Waals surface area contributed by atoms with E-state index in [0.717, 1.165) is 11.1 Å². The fourth-order valence-electron chi connectivity index (χ4n) is 2.94. The van der Waals surface area contributed by atoms with Gasteiger partial charge < -0.3 is 19.7 Å². The van der Waals surface area contributed by atoms with Gasteiger partial charge in [-0.15, -0.1) is 0 Å². The third kappa shape index (κ3) is 4.06. The Bertz CT molecular complexity index is 760. The minimum absolute atomic E-state index is 0.0619. The zero-order valence-corrected chi connectivity index (χ0v) is 13.9. The predicted octanol–water partition coefficient (Wildman–Crippen LogP) is 2.40. The van der Waals surface area contributed by atoms with E-state index in [1.165, 1.54) is 0 Å². The van der Waals surface area contributed by atoms with Crippen LogP contribution in [0.15, 0.2) is 34.9 Å². The molecule has 7 heteroatoms. The first kappa shape index (κ1) is 17.2. The Morgan fingerprint density at radius 1 is 1.24 bits per heavy atom. The first-order valence-electron chi connectivity index (χ1n) is 8.13. The van der Waals surface area contributed by atoms with Crippen molar-refractivity contribution in [2.45, 2.75) is 31.7 Å². The van der Waals surface area contributed by atoms with Crippen LogP contribution in [0.1, 0.15) is 35.4 Å². The van der Waals surface area contributed by atoms with Crippen molar-refractivity contribution < 1.29 is 24.0 Å². The third-order valence-corrected chi connectivity index (χ3v) is 4.40. The number of amides is 1. The van der Waals surface area contributed by atoms with Crippen LogP contribution in [-0.4, -0.2) is 40.9 Å². The highest BCUT2D eigenvalue weighted by molar-refractivity contribution is 5.93. The molecule has 0 atom stereocenters. The van der Waals surface area contributed by atoms with Crippen LogP contribution in [0.2, 0.25) is 0 Å². The Morgan fingerprint density at radius 3 is 2.56 bits per heavy atom. The van der Waals surface area contributed by atoms with E-state index in [4.69, 9.17) is 14.4 Å². The van der Waals surface area contributed by atoms with Gasteiger partial charge in [-0.1, -0.05) is 35.0 Å². The number of ether oxygens (including phenoxy) is 1. The molecular formula is C18H20N2O5. The van der Waals surface area contributed by atoms with Crippen LogP contribution in [0.25, 0.3) is 11.3 Å². The largest absolute Gasteiger partial charge is 0.481 e. The first-order chi connectivity index (χ1) is 12.0. The Labute approximate surface area is 145 Å². The molecule has 0 radical (unpaired) electrons. The van der Waals surface area contributed by atoms with E-state index in [1.807, 2.05) is 31.2 Å². The highest BCUT2D eigenvalue weighted by Gasteiger charge is 2.37. The lowest BCUT2D eigenvalue weighted by Gasteiger charge is -2.36. The molecule has 1 saturated heterocycles. The minimum atomic E-state index is -0.958. The average molecular weight is 344 g/mol. The zero-order chi connectivity index (χ0) is 17.9. The van der Waals surface area contributed by atoms with E-state index >= 15 is 0 Å². The molecule has 0 bridgehead atoms. The number of hydrogen-bond acceptors (Lipinski definition) is 5. The number of carbonyl (C=O) groups excluding carboxylic acids is 1. The summed E-state index contributed by atoms with van der Waals surface area (Å²) < 4.78 is 10.4. The second-order valence-electron chi connectivity index (χ2n) is 6.36. The van der Waals surface area contributed by atoms with Gasteiger partial charge in [0, 0.05) is 24.8 Å². The van der Waals surface area contributed by atoms with Gasteiger partial charge in [0.25, 0.3) is 5.91 Å². The molecule has 1 aromatic heterocycles. The fraction of sp³-hybridized carbons (Fsp3) is 0.389.